The van der Waals surface area contributed by atoms with Crippen molar-refractivity contribution in [2.24, 2.45) is 0 Å². The summed E-state index contributed by atoms with van der Waals surface area (Å²) in [7, 11) is 0. The molecule has 2 aromatic carbocycles. The summed E-state index contributed by atoms with van der Waals surface area (Å²) in [6.07, 6.45) is 3.57. The van der Waals surface area contributed by atoms with Gasteiger partial charge in [-0.2, -0.15) is 0 Å². The van der Waals surface area contributed by atoms with E-state index >= 15 is 0 Å². The Balaban J connectivity index is 2.05. The number of aromatic nitrogens is 1. The third-order valence-electron chi connectivity index (χ3n) is 3.58. The number of nitrogen functional groups attached to an aromatic ring is 4. The molecule has 8 N–H and O–H groups in total. The van der Waals surface area contributed by atoms with Crippen LogP contribution in [0.1, 0.15) is 0 Å². The molecular weight excluding hydrogens is 274 g/mol. The van der Waals surface area contributed by atoms with Gasteiger partial charge in [0.1, 0.15) is 0 Å². The smallest absolute Gasteiger partial charge is 0.0554 e. The van der Waals surface area contributed by atoms with Crippen LogP contribution in [0.15, 0.2) is 54.9 Å². The summed E-state index contributed by atoms with van der Waals surface area (Å²) in [5.41, 5.74) is 29.3. The number of hydrogen-bond acceptors (Lipinski definition) is 5. The van der Waals surface area contributed by atoms with Gasteiger partial charge in [-0.05, 0) is 41.5 Å². The maximum absolute atomic E-state index is 5.87. The lowest BCUT2D eigenvalue weighted by molar-refractivity contribution is 1.33. The van der Waals surface area contributed by atoms with Crippen LogP contribution in [0.25, 0.3) is 22.3 Å². The van der Waals surface area contributed by atoms with Crippen LogP contribution >= 0.6 is 0 Å². The SMILES string of the molecule is Nc1ccc(-c2cncc(-c3ccc(N)c(N)c3)c2)cc1N. The fourth-order valence-electron chi connectivity index (χ4n) is 2.26. The molecular formula is C17H17N5. The van der Waals surface area contributed by atoms with Crippen molar-refractivity contribution in [1.29, 1.82) is 0 Å². The predicted octanol–water partition coefficient (Wildman–Crippen LogP) is 2.74. The molecule has 0 spiro atoms. The molecule has 0 saturated heterocycles. The van der Waals surface area contributed by atoms with E-state index in [4.69, 9.17) is 22.9 Å². The largest absolute Gasteiger partial charge is 0.397 e. The average Bonchev–Trinajstić information content (AvgIpc) is 2.53. The number of nitrogens with two attached hydrogens (primary N) is 4. The summed E-state index contributed by atoms with van der Waals surface area (Å²) in [6.45, 7) is 0. The van der Waals surface area contributed by atoms with E-state index < -0.39 is 0 Å². The number of anilines is 4. The van der Waals surface area contributed by atoms with E-state index in [1.807, 2.05) is 30.3 Å². The van der Waals surface area contributed by atoms with Crippen LogP contribution in [-0.2, 0) is 0 Å². The lowest BCUT2D eigenvalue weighted by Gasteiger charge is -2.08. The van der Waals surface area contributed by atoms with Gasteiger partial charge in [-0.3, -0.25) is 4.98 Å². The first-order chi connectivity index (χ1) is 10.5. The van der Waals surface area contributed by atoms with Gasteiger partial charge >= 0.3 is 0 Å². The van der Waals surface area contributed by atoms with E-state index in [1.165, 1.54) is 0 Å². The fraction of sp³-hybridized carbons (Fsp3) is 0. The van der Waals surface area contributed by atoms with Crippen LogP contribution in [-0.4, -0.2) is 4.98 Å². The van der Waals surface area contributed by atoms with Crippen LogP contribution in [0.3, 0.4) is 0 Å². The second-order valence-electron chi connectivity index (χ2n) is 5.15. The maximum Gasteiger partial charge on any atom is 0.0554 e. The Bertz CT molecular complexity index is 775. The summed E-state index contributed by atoms with van der Waals surface area (Å²) < 4.78 is 0. The van der Waals surface area contributed by atoms with Crippen LogP contribution in [0, 0.1) is 0 Å². The molecule has 5 heteroatoms. The molecule has 0 unspecified atom stereocenters. The van der Waals surface area contributed by atoms with Crippen LogP contribution in [0.4, 0.5) is 22.7 Å². The topological polar surface area (TPSA) is 117 Å². The Kier molecular flexibility index (Phi) is 3.31. The van der Waals surface area contributed by atoms with Crippen LogP contribution in [0.2, 0.25) is 0 Å². The van der Waals surface area contributed by atoms with Gasteiger partial charge in [0.25, 0.3) is 0 Å². The number of pyridine rings is 1. The minimum absolute atomic E-state index is 0.555. The Morgan fingerprint density at radius 3 is 1.36 bits per heavy atom. The van der Waals surface area contributed by atoms with E-state index in [0.29, 0.717) is 22.7 Å². The normalized spacial score (nSPS) is 10.5. The molecule has 0 aliphatic carbocycles. The molecule has 0 bridgehead atoms. The highest BCUT2D eigenvalue weighted by molar-refractivity contribution is 5.79. The highest BCUT2D eigenvalue weighted by atomic mass is 14.7. The molecule has 22 heavy (non-hydrogen) atoms. The van der Waals surface area contributed by atoms with Gasteiger partial charge < -0.3 is 22.9 Å². The molecule has 110 valence electrons. The molecule has 3 rings (SSSR count). The first-order valence-electron chi connectivity index (χ1n) is 6.80. The fourth-order valence-corrected chi connectivity index (χ4v) is 2.26. The summed E-state index contributed by atoms with van der Waals surface area (Å²) in [6, 6.07) is 13.1. The van der Waals surface area contributed by atoms with Gasteiger partial charge in [-0.25, -0.2) is 0 Å². The Morgan fingerprint density at radius 2 is 0.955 bits per heavy atom. The van der Waals surface area contributed by atoms with Gasteiger partial charge in [0.15, 0.2) is 0 Å². The summed E-state index contributed by atoms with van der Waals surface area (Å²) in [5.74, 6) is 0. The lowest BCUT2D eigenvalue weighted by atomic mass is 10.0. The van der Waals surface area contributed by atoms with Gasteiger partial charge in [0.05, 0.1) is 22.7 Å². The zero-order chi connectivity index (χ0) is 15.7. The summed E-state index contributed by atoms with van der Waals surface area (Å²) in [4.78, 5) is 4.30. The molecule has 5 nitrogen and oxygen atoms in total. The van der Waals surface area contributed by atoms with Crippen molar-refractivity contribution in [3.63, 3.8) is 0 Å². The van der Waals surface area contributed by atoms with Gasteiger partial charge in [0.2, 0.25) is 0 Å². The quantitative estimate of drug-likeness (QED) is 0.541. The Hall–Kier alpha value is -3.21. The molecule has 0 aliphatic rings. The highest BCUT2D eigenvalue weighted by Gasteiger charge is 2.05. The molecule has 0 fully saturated rings. The second-order valence-corrected chi connectivity index (χ2v) is 5.15. The monoisotopic (exact) mass is 291 g/mol. The molecule has 3 aromatic rings. The van der Waals surface area contributed by atoms with E-state index in [9.17, 15) is 0 Å². The maximum atomic E-state index is 5.87. The highest BCUT2D eigenvalue weighted by Crippen LogP contribution is 2.30. The van der Waals surface area contributed by atoms with Crippen molar-refractivity contribution >= 4 is 22.7 Å². The minimum atomic E-state index is 0.555. The van der Waals surface area contributed by atoms with Gasteiger partial charge in [0, 0.05) is 23.5 Å². The first kappa shape index (κ1) is 13.8. The molecule has 0 saturated carbocycles. The van der Waals surface area contributed by atoms with E-state index in [2.05, 4.69) is 4.98 Å². The van der Waals surface area contributed by atoms with Crippen molar-refractivity contribution in [2.45, 2.75) is 0 Å². The zero-order valence-corrected chi connectivity index (χ0v) is 12.0. The summed E-state index contributed by atoms with van der Waals surface area (Å²) >= 11 is 0. The molecule has 1 heterocycles. The van der Waals surface area contributed by atoms with E-state index in [0.717, 1.165) is 22.3 Å². The molecule has 1 aromatic heterocycles. The van der Waals surface area contributed by atoms with Gasteiger partial charge in [-0.15, -0.1) is 0 Å². The predicted molar refractivity (Wildman–Crippen MR) is 92.8 cm³/mol. The third-order valence-corrected chi connectivity index (χ3v) is 3.58. The van der Waals surface area contributed by atoms with Gasteiger partial charge in [-0.1, -0.05) is 12.1 Å². The third kappa shape index (κ3) is 2.52. The van der Waals surface area contributed by atoms with Crippen molar-refractivity contribution < 1.29 is 0 Å². The van der Waals surface area contributed by atoms with Crippen molar-refractivity contribution in [2.75, 3.05) is 22.9 Å². The number of nitrogens with zero attached hydrogens (tertiary/aromatic N) is 1. The number of rotatable bonds is 2. The van der Waals surface area contributed by atoms with Crippen molar-refractivity contribution in [3.05, 3.63) is 54.9 Å². The Morgan fingerprint density at radius 1 is 0.500 bits per heavy atom. The minimum Gasteiger partial charge on any atom is -0.397 e. The standard InChI is InChI=1S/C17H17N5/c18-14-3-1-10(6-16(14)20)12-5-13(9-22-8-12)11-2-4-15(19)17(21)7-11/h1-9H,18-21H2. The lowest BCUT2D eigenvalue weighted by Crippen LogP contribution is -1.95. The van der Waals surface area contributed by atoms with Crippen molar-refractivity contribution in [3.8, 4) is 22.3 Å². The molecule has 0 aliphatic heterocycles. The first-order valence-corrected chi connectivity index (χ1v) is 6.80. The van der Waals surface area contributed by atoms with E-state index in [1.54, 1.807) is 24.5 Å². The second kappa shape index (κ2) is 5.29. The molecule has 0 atom stereocenters. The number of hydrogen-bond donors (Lipinski definition) is 4. The Labute approximate surface area is 128 Å². The van der Waals surface area contributed by atoms with Crippen LogP contribution < -0.4 is 22.9 Å². The summed E-state index contributed by atoms with van der Waals surface area (Å²) in [5, 5.41) is 0. The van der Waals surface area contributed by atoms with Crippen molar-refractivity contribution in [1.82, 2.24) is 4.98 Å². The zero-order valence-electron chi connectivity index (χ0n) is 12.0. The molecule has 0 amide bonds. The average molecular weight is 291 g/mol. The van der Waals surface area contributed by atoms with E-state index in [-0.39, 0.29) is 0 Å². The van der Waals surface area contributed by atoms with Crippen LogP contribution in [0.5, 0.6) is 0 Å². The number of benzene rings is 2. The molecule has 0 radical (unpaired) electrons.